The van der Waals surface area contributed by atoms with Gasteiger partial charge in [-0.1, -0.05) is 30.3 Å². The quantitative estimate of drug-likeness (QED) is 0.202. The van der Waals surface area contributed by atoms with Crippen molar-refractivity contribution in [2.75, 3.05) is 46.8 Å². The Balaban J connectivity index is 1.10. The lowest BCUT2D eigenvalue weighted by atomic mass is 9.97. The van der Waals surface area contributed by atoms with Crippen molar-refractivity contribution in [3.63, 3.8) is 0 Å². The van der Waals surface area contributed by atoms with E-state index in [2.05, 4.69) is 33.4 Å². The van der Waals surface area contributed by atoms with Crippen molar-refractivity contribution in [1.82, 2.24) is 9.88 Å². The summed E-state index contributed by atoms with van der Waals surface area (Å²) < 4.78 is 22.3. The number of methoxy groups -OCH3 is 4. The predicted molar refractivity (Wildman–Crippen MR) is 176 cm³/mol. The highest BCUT2D eigenvalue weighted by Gasteiger charge is 2.25. The maximum atomic E-state index is 13.2. The highest BCUT2D eigenvalue weighted by Crippen LogP contribution is 2.43. The van der Waals surface area contributed by atoms with Gasteiger partial charge in [0.05, 0.1) is 45.9 Å². The Morgan fingerprint density at radius 2 is 1.56 bits per heavy atom. The SMILES string of the molecule is COc1cc2c(c(OC)c1OC)CN(CCc1ccc(NC(=O)Cc3cccc4c(=O)c5cccc(OC)c5[nH]c34)cc1)CC2. The normalized spacial score (nSPS) is 13.0. The molecule has 1 aromatic heterocycles. The number of hydrogen-bond donors (Lipinski definition) is 2. The number of ether oxygens (including phenoxy) is 4. The van der Waals surface area contributed by atoms with Crippen LogP contribution in [0.2, 0.25) is 0 Å². The lowest BCUT2D eigenvalue weighted by Crippen LogP contribution is -2.32. The summed E-state index contributed by atoms with van der Waals surface area (Å²) in [5.41, 5.74) is 6.18. The fourth-order valence-electron chi connectivity index (χ4n) is 6.23. The molecule has 2 heterocycles. The van der Waals surface area contributed by atoms with Crippen LogP contribution >= 0.6 is 0 Å². The molecule has 0 spiro atoms. The third-order valence-corrected chi connectivity index (χ3v) is 8.55. The number of H-pyrrole nitrogens is 1. The van der Waals surface area contributed by atoms with Crippen LogP contribution in [0.4, 0.5) is 5.69 Å². The molecule has 1 amide bonds. The second-order valence-electron chi connectivity index (χ2n) is 11.2. The summed E-state index contributed by atoms with van der Waals surface area (Å²) in [5, 5.41) is 4.10. The van der Waals surface area contributed by atoms with Crippen molar-refractivity contribution in [2.24, 2.45) is 0 Å². The first-order valence-corrected chi connectivity index (χ1v) is 15.0. The molecule has 0 atom stereocenters. The molecular weight excluding hydrogens is 570 g/mol. The molecule has 0 aliphatic carbocycles. The number of pyridine rings is 1. The summed E-state index contributed by atoms with van der Waals surface area (Å²) in [6.07, 6.45) is 1.90. The molecule has 5 aromatic rings. The van der Waals surface area contributed by atoms with Gasteiger partial charge >= 0.3 is 0 Å². The van der Waals surface area contributed by atoms with Gasteiger partial charge in [-0.15, -0.1) is 0 Å². The monoisotopic (exact) mass is 607 g/mol. The zero-order valence-corrected chi connectivity index (χ0v) is 26.0. The van der Waals surface area contributed by atoms with E-state index in [0.717, 1.165) is 55.0 Å². The zero-order chi connectivity index (χ0) is 31.5. The van der Waals surface area contributed by atoms with Gasteiger partial charge in [0.15, 0.2) is 16.9 Å². The molecule has 0 bridgehead atoms. The van der Waals surface area contributed by atoms with E-state index in [4.69, 9.17) is 18.9 Å². The molecule has 1 aliphatic rings. The number of carbonyl (C=O) groups is 1. The predicted octanol–water partition coefficient (Wildman–Crippen LogP) is 5.50. The average Bonchev–Trinajstić information content (AvgIpc) is 3.07. The molecule has 6 rings (SSSR count). The van der Waals surface area contributed by atoms with Crippen molar-refractivity contribution < 1.29 is 23.7 Å². The van der Waals surface area contributed by atoms with Crippen LogP contribution in [0, 0.1) is 0 Å². The van der Waals surface area contributed by atoms with Crippen molar-refractivity contribution in [2.45, 2.75) is 25.8 Å². The largest absolute Gasteiger partial charge is 0.495 e. The molecule has 9 nitrogen and oxygen atoms in total. The number of nitrogens with zero attached hydrogens (tertiary/aromatic N) is 1. The number of carbonyl (C=O) groups excluding carboxylic acids is 1. The van der Waals surface area contributed by atoms with Crippen LogP contribution in [0.25, 0.3) is 21.8 Å². The standard InChI is InChI=1S/C36H37N3O6/c1-42-29-10-6-9-27-33(29)38-32-24(7-5-8-26(32)34(27)41)20-31(40)37-25-13-11-22(12-14-25)15-17-39-18-16-23-19-30(43-2)36(45-4)35(44-3)28(23)21-39/h5-14,19H,15-18,20-21H2,1-4H3,(H,37,40)(H,38,41). The van der Waals surface area contributed by atoms with Gasteiger partial charge in [0.25, 0.3) is 0 Å². The third kappa shape index (κ3) is 5.91. The van der Waals surface area contributed by atoms with Gasteiger partial charge < -0.3 is 29.2 Å². The number of amides is 1. The Kier molecular flexibility index (Phi) is 8.62. The Morgan fingerprint density at radius 3 is 2.27 bits per heavy atom. The third-order valence-electron chi connectivity index (χ3n) is 8.55. The van der Waals surface area contributed by atoms with E-state index in [1.807, 2.05) is 24.3 Å². The molecule has 0 saturated carbocycles. The number of fused-ring (bicyclic) bond motifs is 3. The maximum Gasteiger partial charge on any atom is 0.228 e. The van der Waals surface area contributed by atoms with E-state index in [-0.39, 0.29) is 17.8 Å². The second-order valence-corrected chi connectivity index (χ2v) is 11.2. The van der Waals surface area contributed by atoms with Crippen LogP contribution in [0.5, 0.6) is 23.0 Å². The molecule has 0 fully saturated rings. The first kappa shape index (κ1) is 30.0. The maximum absolute atomic E-state index is 13.2. The number of nitrogens with one attached hydrogen (secondary N) is 2. The van der Waals surface area contributed by atoms with E-state index in [1.54, 1.807) is 52.7 Å². The number of benzene rings is 4. The van der Waals surface area contributed by atoms with E-state index in [9.17, 15) is 9.59 Å². The molecular formula is C36H37N3O6. The van der Waals surface area contributed by atoms with Gasteiger partial charge in [0.1, 0.15) is 5.75 Å². The van der Waals surface area contributed by atoms with Crippen molar-refractivity contribution in [1.29, 1.82) is 0 Å². The van der Waals surface area contributed by atoms with Crippen molar-refractivity contribution in [3.8, 4) is 23.0 Å². The molecule has 0 saturated heterocycles. The first-order valence-electron chi connectivity index (χ1n) is 15.0. The Morgan fingerprint density at radius 1 is 0.844 bits per heavy atom. The number of hydrogen-bond acceptors (Lipinski definition) is 7. The summed E-state index contributed by atoms with van der Waals surface area (Å²) >= 11 is 0. The average molecular weight is 608 g/mol. The number of aromatic amines is 1. The minimum absolute atomic E-state index is 0.0941. The molecule has 1 aliphatic heterocycles. The molecule has 2 N–H and O–H groups in total. The highest BCUT2D eigenvalue weighted by molar-refractivity contribution is 5.99. The second kappa shape index (κ2) is 12.9. The lowest BCUT2D eigenvalue weighted by molar-refractivity contribution is -0.115. The molecule has 45 heavy (non-hydrogen) atoms. The highest BCUT2D eigenvalue weighted by atomic mass is 16.5. The molecule has 232 valence electrons. The van der Waals surface area contributed by atoms with Gasteiger partial charge in [0, 0.05) is 41.7 Å². The summed E-state index contributed by atoms with van der Waals surface area (Å²) in [5.74, 6) is 2.47. The van der Waals surface area contributed by atoms with Gasteiger partial charge in [-0.05, 0) is 65.9 Å². The van der Waals surface area contributed by atoms with E-state index in [0.29, 0.717) is 39.1 Å². The smallest absolute Gasteiger partial charge is 0.228 e. The van der Waals surface area contributed by atoms with E-state index < -0.39 is 0 Å². The van der Waals surface area contributed by atoms with Gasteiger partial charge in [-0.3, -0.25) is 14.5 Å². The number of rotatable bonds is 10. The van der Waals surface area contributed by atoms with Crippen LogP contribution in [-0.2, 0) is 30.6 Å². The van der Waals surface area contributed by atoms with Crippen molar-refractivity contribution >= 4 is 33.4 Å². The van der Waals surface area contributed by atoms with Crippen LogP contribution in [0.1, 0.15) is 22.3 Å². The Labute approximate surface area is 261 Å². The lowest BCUT2D eigenvalue weighted by Gasteiger charge is -2.31. The minimum atomic E-state index is -0.163. The molecule has 4 aromatic carbocycles. The molecule has 9 heteroatoms. The number of para-hydroxylation sites is 2. The van der Waals surface area contributed by atoms with E-state index >= 15 is 0 Å². The molecule has 0 unspecified atom stereocenters. The summed E-state index contributed by atoms with van der Waals surface area (Å²) in [6, 6.07) is 20.9. The summed E-state index contributed by atoms with van der Waals surface area (Å²) in [4.78, 5) is 32.1. The fourth-order valence-corrected chi connectivity index (χ4v) is 6.23. The Bertz CT molecular complexity index is 1930. The summed E-state index contributed by atoms with van der Waals surface area (Å²) in [6.45, 7) is 2.61. The van der Waals surface area contributed by atoms with Crippen LogP contribution in [0.15, 0.2) is 71.5 Å². The van der Waals surface area contributed by atoms with Crippen LogP contribution < -0.4 is 29.7 Å². The minimum Gasteiger partial charge on any atom is -0.495 e. The zero-order valence-electron chi connectivity index (χ0n) is 26.0. The van der Waals surface area contributed by atoms with E-state index in [1.165, 1.54) is 11.1 Å². The van der Waals surface area contributed by atoms with Crippen LogP contribution in [-0.4, -0.2) is 57.3 Å². The first-order chi connectivity index (χ1) is 21.9. The van der Waals surface area contributed by atoms with Gasteiger partial charge in [0.2, 0.25) is 11.7 Å². The Hall–Kier alpha value is -5.02. The molecule has 0 radical (unpaired) electrons. The van der Waals surface area contributed by atoms with Gasteiger partial charge in [-0.2, -0.15) is 0 Å². The van der Waals surface area contributed by atoms with Crippen molar-refractivity contribution in [3.05, 3.63) is 99.2 Å². The topological polar surface area (TPSA) is 102 Å². The number of anilines is 1. The fraction of sp³-hybridized carbons (Fsp3) is 0.278. The van der Waals surface area contributed by atoms with Crippen LogP contribution in [0.3, 0.4) is 0 Å². The van der Waals surface area contributed by atoms with Gasteiger partial charge in [-0.25, -0.2) is 0 Å². The number of aromatic nitrogens is 1. The summed E-state index contributed by atoms with van der Waals surface area (Å²) in [7, 11) is 6.51.